The molecule has 26 heavy (non-hydrogen) atoms. The first-order chi connectivity index (χ1) is 12.6. The third-order valence-corrected chi connectivity index (χ3v) is 4.25. The highest BCUT2D eigenvalue weighted by Crippen LogP contribution is 2.16. The number of hydrogen-bond acceptors (Lipinski definition) is 3. The largest absolute Gasteiger partial charge is 0.494 e. The van der Waals surface area contributed by atoms with Gasteiger partial charge in [0.05, 0.1) is 12.6 Å². The van der Waals surface area contributed by atoms with E-state index in [0.717, 1.165) is 30.6 Å². The maximum Gasteiger partial charge on any atom is 0.257 e. The molecule has 2 N–H and O–H groups in total. The number of benzene rings is 2. The summed E-state index contributed by atoms with van der Waals surface area (Å²) in [4.78, 5) is 12.4. The Kier molecular flexibility index (Phi) is 8.09. The number of hydrogen-bond donors (Lipinski definition) is 2. The maximum atomic E-state index is 12.4. The van der Waals surface area contributed by atoms with Crippen molar-refractivity contribution in [1.82, 2.24) is 10.6 Å². The van der Waals surface area contributed by atoms with Crippen molar-refractivity contribution in [3.05, 3.63) is 65.7 Å². The fourth-order valence-corrected chi connectivity index (χ4v) is 2.75. The highest BCUT2D eigenvalue weighted by Gasteiger charge is 2.13. The summed E-state index contributed by atoms with van der Waals surface area (Å²) < 4.78 is 5.61. The standard InChI is InChI=1S/C21H26N2O2S/c1-3-5-15-25-18-13-11-17(12-14-18)20(24)23-21(26)22-19(4-2)16-9-7-6-8-10-16/h6-14,19H,3-5,15H2,1-2H3,(H2,22,23,24,26). The SMILES string of the molecule is CCCCOc1ccc(C(=O)NC(=S)NC(CC)c2ccccc2)cc1. The van der Waals surface area contributed by atoms with Crippen molar-refractivity contribution < 1.29 is 9.53 Å². The van der Waals surface area contributed by atoms with Crippen molar-refractivity contribution in [2.24, 2.45) is 0 Å². The van der Waals surface area contributed by atoms with Gasteiger partial charge in [0.1, 0.15) is 5.75 Å². The summed E-state index contributed by atoms with van der Waals surface area (Å²) in [5.41, 5.74) is 1.69. The second kappa shape index (κ2) is 10.6. The molecule has 5 heteroatoms. The highest BCUT2D eigenvalue weighted by atomic mass is 32.1. The third kappa shape index (κ3) is 6.15. The molecule has 1 amide bonds. The minimum Gasteiger partial charge on any atom is -0.494 e. The number of carbonyl (C=O) groups excluding carboxylic acids is 1. The van der Waals surface area contributed by atoms with Crippen molar-refractivity contribution in [2.75, 3.05) is 6.61 Å². The molecule has 0 aliphatic carbocycles. The second-order valence-corrected chi connectivity index (χ2v) is 6.43. The van der Waals surface area contributed by atoms with Crippen molar-refractivity contribution in [2.45, 2.75) is 39.2 Å². The molecule has 0 heterocycles. The van der Waals surface area contributed by atoms with Crippen LogP contribution in [-0.2, 0) is 0 Å². The number of carbonyl (C=O) groups is 1. The van der Waals surface area contributed by atoms with Crippen LogP contribution in [0.25, 0.3) is 0 Å². The van der Waals surface area contributed by atoms with E-state index in [1.54, 1.807) is 24.3 Å². The number of amides is 1. The number of rotatable bonds is 8. The normalized spacial score (nSPS) is 11.5. The van der Waals surface area contributed by atoms with E-state index in [1.807, 2.05) is 30.3 Å². The predicted molar refractivity (Wildman–Crippen MR) is 110 cm³/mol. The zero-order valence-electron chi connectivity index (χ0n) is 15.3. The Morgan fingerprint density at radius 2 is 1.77 bits per heavy atom. The van der Waals surface area contributed by atoms with Crippen LogP contribution in [-0.4, -0.2) is 17.6 Å². The fraction of sp³-hybridized carbons (Fsp3) is 0.333. The topological polar surface area (TPSA) is 50.4 Å². The van der Waals surface area contributed by atoms with E-state index in [0.29, 0.717) is 17.3 Å². The Bertz CT molecular complexity index is 702. The molecule has 0 aliphatic heterocycles. The van der Waals surface area contributed by atoms with Crippen LogP contribution in [0.3, 0.4) is 0 Å². The van der Waals surface area contributed by atoms with E-state index in [-0.39, 0.29) is 11.9 Å². The molecule has 0 fully saturated rings. The lowest BCUT2D eigenvalue weighted by Crippen LogP contribution is -2.40. The van der Waals surface area contributed by atoms with Crippen LogP contribution in [0.15, 0.2) is 54.6 Å². The van der Waals surface area contributed by atoms with Crippen LogP contribution in [0.1, 0.15) is 55.1 Å². The smallest absolute Gasteiger partial charge is 0.257 e. The first kappa shape index (κ1) is 19.9. The number of unbranched alkanes of at least 4 members (excludes halogenated alkanes) is 1. The molecule has 2 aromatic rings. The van der Waals surface area contributed by atoms with E-state index in [4.69, 9.17) is 17.0 Å². The molecule has 0 radical (unpaired) electrons. The van der Waals surface area contributed by atoms with Gasteiger partial charge in [-0.3, -0.25) is 10.1 Å². The van der Waals surface area contributed by atoms with E-state index < -0.39 is 0 Å². The lowest BCUT2D eigenvalue weighted by molar-refractivity contribution is 0.0976. The van der Waals surface area contributed by atoms with Gasteiger partial charge in [-0.25, -0.2) is 0 Å². The molecule has 0 aliphatic rings. The van der Waals surface area contributed by atoms with Crippen LogP contribution < -0.4 is 15.4 Å². The van der Waals surface area contributed by atoms with Gasteiger partial charge in [-0.2, -0.15) is 0 Å². The first-order valence-corrected chi connectivity index (χ1v) is 9.44. The maximum absolute atomic E-state index is 12.4. The predicted octanol–water partition coefficient (Wildman–Crippen LogP) is 4.62. The Morgan fingerprint density at radius 1 is 1.08 bits per heavy atom. The lowest BCUT2D eigenvalue weighted by atomic mass is 10.1. The van der Waals surface area contributed by atoms with Gasteiger partial charge in [-0.15, -0.1) is 0 Å². The van der Waals surface area contributed by atoms with E-state index in [2.05, 4.69) is 24.5 Å². The fourth-order valence-electron chi connectivity index (χ4n) is 2.51. The molecule has 0 aromatic heterocycles. The molecule has 0 saturated heterocycles. The average Bonchev–Trinajstić information content (AvgIpc) is 2.67. The number of thiocarbonyl (C=S) groups is 1. The van der Waals surface area contributed by atoms with Gasteiger partial charge >= 0.3 is 0 Å². The molecule has 2 aromatic carbocycles. The zero-order chi connectivity index (χ0) is 18.8. The van der Waals surface area contributed by atoms with Gasteiger partial charge < -0.3 is 10.1 Å². The Balaban J connectivity index is 1.89. The first-order valence-electron chi connectivity index (χ1n) is 9.03. The second-order valence-electron chi connectivity index (χ2n) is 6.03. The van der Waals surface area contributed by atoms with Crippen LogP contribution >= 0.6 is 12.2 Å². The Labute approximate surface area is 161 Å². The molecule has 0 saturated carbocycles. The molecule has 2 rings (SSSR count). The molecular weight excluding hydrogens is 344 g/mol. The van der Waals surface area contributed by atoms with Crippen LogP contribution in [0.5, 0.6) is 5.75 Å². The highest BCUT2D eigenvalue weighted by molar-refractivity contribution is 7.80. The average molecular weight is 371 g/mol. The van der Waals surface area contributed by atoms with E-state index in [1.165, 1.54) is 0 Å². The van der Waals surface area contributed by atoms with Gasteiger partial charge in [0.25, 0.3) is 5.91 Å². The summed E-state index contributed by atoms with van der Waals surface area (Å²) in [5, 5.41) is 6.28. The zero-order valence-corrected chi connectivity index (χ0v) is 16.1. The summed E-state index contributed by atoms with van der Waals surface area (Å²) in [5.74, 6) is 0.538. The van der Waals surface area contributed by atoms with Gasteiger partial charge in [0.2, 0.25) is 0 Å². The van der Waals surface area contributed by atoms with Crippen molar-refractivity contribution in [3.8, 4) is 5.75 Å². The quantitative estimate of drug-likeness (QED) is 0.526. The van der Waals surface area contributed by atoms with Crippen LogP contribution in [0.4, 0.5) is 0 Å². The molecular formula is C21H26N2O2S. The molecule has 0 spiro atoms. The van der Waals surface area contributed by atoms with E-state index >= 15 is 0 Å². The molecule has 0 bridgehead atoms. The van der Waals surface area contributed by atoms with E-state index in [9.17, 15) is 4.79 Å². The Morgan fingerprint density at radius 3 is 2.38 bits per heavy atom. The van der Waals surface area contributed by atoms with Gasteiger partial charge in [-0.1, -0.05) is 50.6 Å². The lowest BCUT2D eigenvalue weighted by Gasteiger charge is -2.19. The minimum absolute atomic E-state index is 0.0679. The van der Waals surface area contributed by atoms with Gasteiger partial charge in [0, 0.05) is 5.56 Å². The number of nitrogens with one attached hydrogen (secondary N) is 2. The minimum atomic E-state index is -0.231. The summed E-state index contributed by atoms with van der Waals surface area (Å²) >= 11 is 5.30. The molecule has 4 nitrogen and oxygen atoms in total. The Hall–Kier alpha value is -2.40. The third-order valence-electron chi connectivity index (χ3n) is 4.03. The van der Waals surface area contributed by atoms with Crippen LogP contribution in [0.2, 0.25) is 0 Å². The van der Waals surface area contributed by atoms with Crippen molar-refractivity contribution in [1.29, 1.82) is 0 Å². The van der Waals surface area contributed by atoms with Gasteiger partial charge in [0.15, 0.2) is 5.11 Å². The summed E-state index contributed by atoms with van der Waals surface area (Å²) in [6.45, 7) is 4.88. The van der Waals surface area contributed by atoms with Crippen LogP contribution in [0, 0.1) is 0 Å². The van der Waals surface area contributed by atoms with Gasteiger partial charge in [-0.05, 0) is 54.9 Å². The van der Waals surface area contributed by atoms with Crippen molar-refractivity contribution >= 4 is 23.2 Å². The number of ether oxygens (including phenoxy) is 1. The molecule has 1 atom stereocenters. The summed E-state index contributed by atoms with van der Waals surface area (Å²) in [7, 11) is 0. The summed E-state index contributed by atoms with van der Waals surface area (Å²) in [6.07, 6.45) is 2.97. The molecule has 1 unspecified atom stereocenters. The molecule has 138 valence electrons. The van der Waals surface area contributed by atoms with Crippen molar-refractivity contribution in [3.63, 3.8) is 0 Å². The summed E-state index contributed by atoms with van der Waals surface area (Å²) in [6, 6.07) is 17.2. The monoisotopic (exact) mass is 370 g/mol.